The van der Waals surface area contributed by atoms with Crippen LogP contribution in [0.5, 0.6) is 0 Å². The van der Waals surface area contributed by atoms with Crippen LogP contribution in [0.15, 0.2) is 57.6 Å². The van der Waals surface area contributed by atoms with Gasteiger partial charge < -0.3 is 23.4 Å². The Morgan fingerprint density at radius 1 is 1.14 bits per heavy atom. The van der Waals surface area contributed by atoms with Crippen molar-refractivity contribution < 1.29 is 23.2 Å². The van der Waals surface area contributed by atoms with Crippen molar-refractivity contribution in [1.82, 2.24) is 14.9 Å². The van der Waals surface area contributed by atoms with Gasteiger partial charge in [-0.3, -0.25) is 4.79 Å². The van der Waals surface area contributed by atoms with Crippen molar-refractivity contribution >= 4 is 45.4 Å². The predicted octanol–water partition coefficient (Wildman–Crippen LogP) is 3.32. The van der Waals surface area contributed by atoms with Crippen LogP contribution in [0.4, 0.5) is 5.88 Å². The number of esters is 1. The molecule has 1 amide bonds. The molecular formula is C24H19N5O5S. The molecule has 35 heavy (non-hydrogen) atoms. The number of carbonyl (C=O) groups is 2. The molecule has 0 unspecified atom stereocenters. The van der Waals surface area contributed by atoms with Gasteiger partial charge in [0, 0.05) is 32.3 Å². The molecule has 0 N–H and O–H groups in total. The first-order chi connectivity index (χ1) is 17.1. The molecule has 1 aromatic carbocycles. The Bertz CT molecular complexity index is 1390. The number of nitrogens with zero attached hydrogens (tertiary/aromatic N) is 5. The summed E-state index contributed by atoms with van der Waals surface area (Å²) in [5.41, 5.74) is 1.02. The summed E-state index contributed by atoms with van der Waals surface area (Å²) < 4.78 is 17.2. The summed E-state index contributed by atoms with van der Waals surface area (Å²) in [6.07, 6.45) is 4.35. The van der Waals surface area contributed by atoms with Gasteiger partial charge in [-0.2, -0.15) is 10.2 Å². The van der Waals surface area contributed by atoms with Crippen LogP contribution >= 0.6 is 11.3 Å². The number of hydrogen-bond donors (Lipinski definition) is 0. The van der Waals surface area contributed by atoms with Crippen LogP contribution in [0.25, 0.3) is 27.9 Å². The van der Waals surface area contributed by atoms with E-state index >= 15 is 0 Å². The number of anilines is 1. The summed E-state index contributed by atoms with van der Waals surface area (Å²) in [5.74, 6) is 0.103. The second-order valence-electron chi connectivity index (χ2n) is 7.59. The third kappa shape index (κ3) is 4.92. The van der Waals surface area contributed by atoms with Gasteiger partial charge in [-0.1, -0.05) is 12.1 Å². The van der Waals surface area contributed by atoms with E-state index in [-0.39, 0.29) is 24.1 Å². The highest BCUT2D eigenvalue weighted by Gasteiger charge is 2.27. The Kier molecular flexibility index (Phi) is 6.28. The van der Waals surface area contributed by atoms with Gasteiger partial charge in [-0.05, 0) is 30.3 Å². The SMILES string of the molecule is N#Cc1nc(-c2ccco2)oc1N1CCN(C(=O)COC(=O)/C=C/c2nc3ccccc3s2)CC1. The molecule has 0 spiro atoms. The zero-order valence-electron chi connectivity index (χ0n) is 18.4. The minimum absolute atomic E-state index is 0.157. The van der Waals surface area contributed by atoms with Gasteiger partial charge in [0.2, 0.25) is 11.6 Å². The van der Waals surface area contributed by atoms with Crippen LogP contribution in [0.1, 0.15) is 10.7 Å². The first-order valence-corrected chi connectivity index (χ1v) is 11.6. The highest BCUT2D eigenvalue weighted by atomic mass is 32.1. The minimum atomic E-state index is -0.609. The van der Waals surface area contributed by atoms with Crippen LogP contribution in [-0.4, -0.2) is 59.5 Å². The van der Waals surface area contributed by atoms with Gasteiger partial charge in [-0.25, -0.2) is 9.78 Å². The van der Waals surface area contributed by atoms with Gasteiger partial charge in [0.15, 0.2) is 12.4 Å². The highest BCUT2D eigenvalue weighted by molar-refractivity contribution is 7.19. The van der Waals surface area contributed by atoms with E-state index in [1.165, 1.54) is 23.7 Å². The third-order valence-electron chi connectivity index (χ3n) is 5.38. The summed E-state index contributed by atoms with van der Waals surface area (Å²) in [6, 6.07) is 13.1. The molecule has 10 nitrogen and oxygen atoms in total. The number of rotatable bonds is 6. The largest absolute Gasteiger partial charge is 0.459 e. The molecule has 3 aromatic heterocycles. The molecule has 4 heterocycles. The predicted molar refractivity (Wildman–Crippen MR) is 127 cm³/mol. The molecular weight excluding hydrogens is 470 g/mol. The standard InChI is InChI=1S/C24H19N5O5S/c25-14-17-24(34-23(27-17)18-5-3-13-32-18)29-11-9-28(10-12-29)21(30)15-33-22(31)8-7-20-26-16-4-1-2-6-19(16)35-20/h1-8,13H,9-12,15H2/b8-7+. The molecule has 0 atom stereocenters. The van der Waals surface area contributed by atoms with Crippen molar-refractivity contribution in [3.63, 3.8) is 0 Å². The smallest absolute Gasteiger partial charge is 0.331 e. The Labute approximate surface area is 203 Å². The van der Waals surface area contributed by atoms with E-state index in [1.807, 2.05) is 35.2 Å². The summed E-state index contributed by atoms with van der Waals surface area (Å²) in [6.45, 7) is 1.31. The van der Waals surface area contributed by atoms with Crippen LogP contribution in [0.3, 0.4) is 0 Å². The van der Waals surface area contributed by atoms with Gasteiger partial charge in [0.1, 0.15) is 11.1 Å². The molecule has 1 aliphatic rings. The quantitative estimate of drug-likeness (QED) is 0.296. The molecule has 4 aromatic rings. The number of aromatic nitrogens is 2. The van der Waals surface area contributed by atoms with E-state index in [4.69, 9.17) is 13.6 Å². The number of benzene rings is 1. The zero-order valence-corrected chi connectivity index (χ0v) is 19.2. The van der Waals surface area contributed by atoms with E-state index in [0.717, 1.165) is 10.2 Å². The molecule has 1 saturated heterocycles. The van der Waals surface area contributed by atoms with Crippen LogP contribution in [0, 0.1) is 11.3 Å². The molecule has 0 saturated carbocycles. The lowest BCUT2D eigenvalue weighted by atomic mass is 10.3. The molecule has 0 radical (unpaired) electrons. The molecule has 5 rings (SSSR count). The van der Waals surface area contributed by atoms with Crippen molar-refractivity contribution in [3.8, 4) is 17.7 Å². The maximum atomic E-state index is 12.5. The molecule has 11 heteroatoms. The van der Waals surface area contributed by atoms with Crippen molar-refractivity contribution in [2.24, 2.45) is 0 Å². The Balaban J connectivity index is 1.12. The summed E-state index contributed by atoms with van der Waals surface area (Å²) in [5, 5.41) is 10.1. The molecule has 0 bridgehead atoms. The van der Waals surface area contributed by atoms with Gasteiger partial charge in [-0.15, -0.1) is 11.3 Å². The Morgan fingerprint density at radius 3 is 2.71 bits per heavy atom. The van der Waals surface area contributed by atoms with Gasteiger partial charge in [0.05, 0.1) is 16.5 Å². The second-order valence-corrected chi connectivity index (χ2v) is 8.65. The monoisotopic (exact) mass is 489 g/mol. The van der Waals surface area contributed by atoms with E-state index in [1.54, 1.807) is 23.1 Å². The fourth-order valence-corrected chi connectivity index (χ4v) is 4.51. The lowest BCUT2D eigenvalue weighted by molar-refractivity contribution is -0.148. The van der Waals surface area contributed by atoms with Crippen LogP contribution < -0.4 is 4.90 Å². The van der Waals surface area contributed by atoms with Crippen LogP contribution in [0.2, 0.25) is 0 Å². The van der Waals surface area contributed by atoms with Gasteiger partial charge in [0.25, 0.3) is 11.8 Å². The summed E-state index contributed by atoms with van der Waals surface area (Å²) in [4.78, 5) is 36.6. The number of oxazole rings is 1. The number of furan rings is 1. The summed E-state index contributed by atoms with van der Waals surface area (Å²) in [7, 11) is 0. The normalized spacial score (nSPS) is 13.9. The first-order valence-electron chi connectivity index (χ1n) is 10.8. The lowest BCUT2D eigenvalue weighted by Gasteiger charge is -2.34. The maximum absolute atomic E-state index is 12.5. The van der Waals surface area contributed by atoms with E-state index in [2.05, 4.69) is 9.97 Å². The number of fused-ring (bicyclic) bond motifs is 1. The average molecular weight is 490 g/mol. The van der Waals surface area contributed by atoms with E-state index in [0.29, 0.717) is 42.8 Å². The minimum Gasteiger partial charge on any atom is -0.459 e. The lowest BCUT2D eigenvalue weighted by Crippen LogP contribution is -2.50. The molecule has 0 aliphatic carbocycles. The molecule has 1 aliphatic heterocycles. The van der Waals surface area contributed by atoms with Crippen LogP contribution in [-0.2, 0) is 14.3 Å². The highest BCUT2D eigenvalue weighted by Crippen LogP contribution is 2.29. The van der Waals surface area contributed by atoms with Gasteiger partial charge >= 0.3 is 5.97 Å². The van der Waals surface area contributed by atoms with Crippen molar-refractivity contribution in [3.05, 3.63) is 59.4 Å². The number of para-hydroxylation sites is 1. The Morgan fingerprint density at radius 2 is 1.97 bits per heavy atom. The fourth-order valence-electron chi connectivity index (χ4n) is 3.64. The fraction of sp³-hybridized carbons (Fsp3) is 0.208. The van der Waals surface area contributed by atoms with E-state index < -0.39 is 5.97 Å². The number of piperazine rings is 1. The number of nitriles is 1. The Hall–Kier alpha value is -4.43. The summed E-state index contributed by atoms with van der Waals surface area (Å²) >= 11 is 1.46. The second kappa shape index (κ2) is 9.82. The average Bonchev–Trinajstić information content (AvgIpc) is 3.64. The van der Waals surface area contributed by atoms with Crippen molar-refractivity contribution in [2.45, 2.75) is 0 Å². The zero-order chi connectivity index (χ0) is 24.2. The first kappa shape index (κ1) is 22.4. The third-order valence-corrected chi connectivity index (χ3v) is 6.38. The topological polar surface area (TPSA) is 126 Å². The maximum Gasteiger partial charge on any atom is 0.331 e. The van der Waals surface area contributed by atoms with Crippen molar-refractivity contribution in [2.75, 3.05) is 37.7 Å². The molecule has 176 valence electrons. The number of ether oxygens (including phenoxy) is 1. The van der Waals surface area contributed by atoms with E-state index in [9.17, 15) is 14.9 Å². The van der Waals surface area contributed by atoms with Crippen molar-refractivity contribution in [1.29, 1.82) is 5.26 Å². The number of amides is 1. The molecule has 1 fully saturated rings. The number of hydrogen-bond acceptors (Lipinski definition) is 10. The number of thiazole rings is 1. The number of carbonyl (C=O) groups excluding carboxylic acids is 2.